The van der Waals surface area contributed by atoms with Crippen molar-refractivity contribution in [2.75, 3.05) is 19.8 Å². The lowest BCUT2D eigenvalue weighted by Gasteiger charge is -2.25. The Bertz CT molecular complexity index is 764. The Hall–Kier alpha value is -1.02. The highest BCUT2D eigenvalue weighted by atomic mass is 31.2. The van der Waals surface area contributed by atoms with Gasteiger partial charge in [-0.05, 0) is 44.9 Å². The van der Waals surface area contributed by atoms with Gasteiger partial charge in [0.1, 0.15) is 0 Å². The fourth-order valence-corrected chi connectivity index (χ4v) is 5.98. The number of rotatable bonds is 34. The summed E-state index contributed by atoms with van der Waals surface area (Å²) in [4.78, 5) is 22.6. The normalized spacial score (nSPS) is 14.7. The molecule has 0 radical (unpaired) electrons. The van der Waals surface area contributed by atoms with Crippen LogP contribution in [0.4, 0.5) is 0 Å². The molecule has 3 atom stereocenters. The predicted octanol–water partition coefficient (Wildman–Crippen LogP) is 9.44. The fraction of sp³-hybridized carbons (Fsp3) is 0.861. The predicted molar refractivity (Wildman–Crippen MR) is 189 cm³/mol. The third kappa shape index (κ3) is 31.4. The topological polar surface area (TPSA) is 131 Å². The van der Waals surface area contributed by atoms with Crippen molar-refractivity contribution in [2.45, 2.75) is 180 Å². The van der Waals surface area contributed by atoms with Crippen molar-refractivity contribution in [1.82, 2.24) is 5.32 Å². The van der Waals surface area contributed by atoms with E-state index in [2.05, 4.69) is 43.5 Å². The Morgan fingerprint density at radius 2 is 1.22 bits per heavy atom. The summed E-state index contributed by atoms with van der Waals surface area (Å²) in [6.45, 7) is 4.14. The molecule has 0 aliphatic carbocycles. The summed E-state index contributed by atoms with van der Waals surface area (Å²) in [5.74, 6) is -0.178. The van der Waals surface area contributed by atoms with Crippen LogP contribution in [0.25, 0.3) is 0 Å². The highest BCUT2D eigenvalue weighted by Crippen LogP contribution is 2.43. The van der Waals surface area contributed by atoms with E-state index in [1.165, 1.54) is 77.0 Å². The standard InChI is InChI=1S/C36H71N2O6P/c1-3-5-7-9-11-13-15-16-17-18-19-20-22-24-26-28-30-36(40)38-34(33-44-45(41,42)43-32-31-37)35(39)29-27-25-23-21-14-12-10-8-6-4-2/h13,15,17-18,34-35,39H,3-12,14,16,19-33,37H2,1-2H3,(H,38,40)(H,41,42)/b15-13-,18-17-. The second-order valence-electron chi connectivity index (χ2n) is 12.4. The largest absolute Gasteiger partial charge is 0.472 e. The van der Waals surface area contributed by atoms with E-state index in [9.17, 15) is 19.4 Å². The van der Waals surface area contributed by atoms with Crippen molar-refractivity contribution in [1.29, 1.82) is 0 Å². The second kappa shape index (κ2) is 32.9. The smallest absolute Gasteiger partial charge is 0.391 e. The second-order valence-corrected chi connectivity index (χ2v) is 13.9. The van der Waals surface area contributed by atoms with E-state index in [0.29, 0.717) is 12.8 Å². The number of aliphatic hydroxyl groups is 1. The van der Waals surface area contributed by atoms with Crippen LogP contribution in [0.1, 0.15) is 168 Å². The molecule has 0 fully saturated rings. The summed E-state index contributed by atoms with van der Waals surface area (Å²) in [6, 6.07) is -0.777. The molecule has 0 aliphatic heterocycles. The van der Waals surface area contributed by atoms with Gasteiger partial charge < -0.3 is 21.1 Å². The number of nitrogens with one attached hydrogen (secondary N) is 1. The van der Waals surface area contributed by atoms with Crippen molar-refractivity contribution in [3.05, 3.63) is 24.3 Å². The molecular weight excluding hydrogens is 587 g/mol. The minimum atomic E-state index is -4.31. The Morgan fingerprint density at radius 3 is 1.78 bits per heavy atom. The molecule has 5 N–H and O–H groups in total. The molecule has 0 spiro atoms. The van der Waals surface area contributed by atoms with Gasteiger partial charge in [-0.3, -0.25) is 13.8 Å². The van der Waals surface area contributed by atoms with E-state index in [4.69, 9.17) is 14.8 Å². The number of unbranched alkanes of at least 4 members (excludes halogenated alkanes) is 18. The van der Waals surface area contributed by atoms with Gasteiger partial charge in [0.15, 0.2) is 0 Å². The lowest BCUT2D eigenvalue weighted by molar-refractivity contribution is -0.123. The monoisotopic (exact) mass is 659 g/mol. The number of hydrogen-bond acceptors (Lipinski definition) is 6. The van der Waals surface area contributed by atoms with Crippen LogP contribution in [0.5, 0.6) is 0 Å². The summed E-state index contributed by atoms with van der Waals surface area (Å²) in [5, 5.41) is 13.7. The van der Waals surface area contributed by atoms with E-state index < -0.39 is 20.0 Å². The molecule has 0 aromatic carbocycles. The molecule has 0 aliphatic rings. The third-order valence-electron chi connectivity index (χ3n) is 8.06. The molecule has 3 unspecified atom stereocenters. The molecule has 0 saturated heterocycles. The minimum absolute atomic E-state index is 0.0864. The number of allylic oxidation sites excluding steroid dienone is 4. The fourth-order valence-electron chi connectivity index (χ4n) is 5.22. The summed E-state index contributed by atoms with van der Waals surface area (Å²) in [7, 11) is -4.31. The molecule has 0 aromatic rings. The summed E-state index contributed by atoms with van der Waals surface area (Å²) in [5.41, 5.74) is 5.35. The number of hydrogen-bond donors (Lipinski definition) is 4. The number of carbonyl (C=O) groups excluding carboxylic acids is 1. The Balaban J connectivity index is 4.27. The summed E-state index contributed by atoms with van der Waals surface area (Å²) < 4.78 is 22.0. The maximum atomic E-state index is 12.7. The Morgan fingerprint density at radius 1 is 0.733 bits per heavy atom. The maximum Gasteiger partial charge on any atom is 0.472 e. The number of nitrogens with two attached hydrogens (primary N) is 1. The van der Waals surface area contributed by atoms with Crippen molar-refractivity contribution in [3.63, 3.8) is 0 Å². The number of phosphoric ester groups is 1. The van der Waals surface area contributed by atoms with Crippen molar-refractivity contribution >= 4 is 13.7 Å². The van der Waals surface area contributed by atoms with Gasteiger partial charge in [-0.2, -0.15) is 0 Å². The highest BCUT2D eigenvalue weighted by molar-refractivity contribution is 7.47. The Kier molecular flexibility index (Phi) is 32.2. The lowest BCUT2D eigenvalue weighted by atomic mass is 10.0. The molecule has 9 heteroatoms. The Labute approximate surface area is 277 Å². The number of carbonyl (C=O) groups is 1. The van der Waals surface area contributed by atoms with Crippen molar-refractivity contribution in [2.24, 2.45) is 5.73 Å². The average molecular weight is 659 g/mol. The molecule has 266 valence electrons. The van der Waals surface area contributed by atoms with Crippen LogP contribution in [0.3, 0.4) is 0 Å². The van der Waals surface area contributed by atoms with Gasteiger partial charge in [0.05, 0.1) is 25.4 Å². The van der Waals surface area contributed by atoms with Crippen LogP contribution in [-0.2, 0) is 18.4 Å². The van der Waals surface area contributed by atoms with Gasteiger partial charge in [-0.1, -0.05) is 141 Å². The molecule has 0 heterocycles. The van der Waals surface area contributed by atoms with E-state index in [1.54, 1.807) is 0 Å². The molecule has 8 nitrogen and oxygen atoms in total. The van der Waals surface area contributed by atoms with Crippen molar-refractivity contribution in [3.8, 4) is 0 Å². The first-order valence-corrected chi connectivity index (χ1v) is 19.9. The average Bonchev–Trinajstić information content (AvgIpc) is 3.02. The zero-order chi connectivity index (χ0) is 33.3. The number of phosphoric acid groups is 1. The quantitative estimate of drug-likeness (QED) is 0.0308. The third-order valence-corrected chi connectivity index (χ3v) is 9.04. The van der Waals surface area contributed by atoms with Gasteiger partial charge >= 0.3 is 7.82 Å². The SMILES string of the molecule is CCCCCC/C=C\C/C=C\CCCCCCCC(=O)NC(COP(=O)(O)OCCN)C(O)CCCCCCCCCCCC. The van der Waals surface area contributed by atoms with Gasteiger partial charge in [0.2, 0.25) is 5.91 Å². The molecule has 0 saturated carbocycles. The highest BCUT2D eigenvalue weighted by Gasteiger charge is 2.27. The van der Waals surface area contributed by atoms with E-state index >= 15 is 0 Å². The first-order chi connectivity index (χ1) is 21.9. The number of amides is 1. The van der Waals surface area contributed by atoms with Gasteiger partial charge in [-0.25, -0.2) is 4.57 Å². The summed E-state index contributed by atoms with van der Waals surface area (Å²) in [6.07, 6.45) is 34.6. The molecule has 0 bridgehead atoms. The minimum Gasteiger partial charge on any atom is -0.391 e. The number of aliphatic hydroxyl groups excluding tert-OH is 1. The van der Waals surface area contributed by atoms with Crippen LogP contribution in [0.2, 0.25) is 0 Å². The van der Waals surface area contributed by atoms with Crippen LogP contribution in [0, 0.1) is 0 Å². The van der Waals surface area contributed by atoms with E-state index in [0.717, 1.165) is 64.2 Å². The van der Waals surface area contributed by atoms with Crippen LogP contribution < -0.4 is 11.1 Å². The molecule has 0 aromatic heterocycles. The molecule has 45 heavy (non-hydrogen) atoms. The zero-order valence-electron chi connectivity index (χ0n) is 29.1. The molecule has 1 amide bonds. The summed E-state index contributed by atoms with van der Waals surface area (Å²) >= 11 is 0. The lowest BCUT2D eigenvalue weighted by Crippen LogP contribution is -2.46. The van der Waals surface area contributed by atoms with Gasteiger partial charge in [-0.15, -0.1) is 0 Å². The maximum absolute atomic E-state index is 12.7. The van der Waals surface area contributed by atoms with E-state index in [-0.39, 0.29) is 25.7 Å². The zero-order valence-corrected chi connectivity index (χ0v) is 30.0. The van der Waals surface area contributed by atoms with Crippen LogP contribution >= 0.6 is 7.82 Å². The molecule has 0 rings (SSSR count). The first kappa shape index (κ1) is 44.0. The molecular formula is C36H71N2O6P. The van der Waals surface area contributed by atoms with Crippen LogP contribution in [-0.4, -0.2) is 47.8 Å². The first-order valence-electron chi connectivity index (χ1n) is 18.5. The van der Waals surface area contributed by atoms with E-state index in [1.807, 2.05) is 0 Å². The van der Waals surface area contributed by atoms with Gasteiger partial charge in [0.25, 0.3) is 0 Å². The van der Waals surface area contributed by atoms with Gasteiger partial charge in [0, 0.05) is 13.0 Å². The van der Waals surface area contributed by atoms with Crippen molar-refractivity contribution < 1.29 is 28.4 Å². The van der Waals surface area contributed by atoms with Crippen LogP contribution in [0.15, 0.2) is 24.3 Å².